The van der Waals surface area contributed by atoms with Crippen molar-refractivity contribution >= 4 is 17.6 Å². The zero-order valence-electron chi connectivity index (χ0n) is 15.9. The Labute approximate surface area is 168 Å². The molecule has 0 heterocycles. The molecule has 0 aliphatic carbocycles. The lowest BCUT2D eigenvalue weighted by Gasteiger charge is -2.20. The number of carboxylic acid groups (broad SMARTS) is 1. The smallest absolute Gasteiger partial charge is 0.339 e. The summed E-state index contributed by atoms with van der Waals surface area (Å²) in [6, 6.07) is 22.4. The second-order valence-corrected chi connectivity index (χ2v) is 6.30. The first-order valence-electron chi connectivity index (χ1n) is 9.02. The Bertz CT molecular complexity index is 973. The molecule has 6 nitrogen and oxygen atoms in total. The van der Waals surface area contributed by atoms with E-state index >= 15 is 0 Å². The molecule has 0 fully saturated rings. The molecule has 0 aliphatic heterocycles. The second-order valence-electron chi connectivity index (χ2n) is 6.30. The van der Waals surface area contributed by atoms with Gasteiger partial charge in [0.25, 0.3) is 0 Å². The first-order chi connectivity index (χ1) is 14.1. The third-order valence-electron chi connectivity index (χ3n) is 4.34. The third-order valence-corrected chi connectivity index (χ3v) is 4.34. The van der Waals surface area contributed by atoms with Gasteiger partial charge in [-0.3, -0.25) is 0 Å². The highest BCUT2D eigenvalue weighted by molar-refractivity contribution is 5.92. The van der Waals surface area contributed by atoms with E-state index in [-0.39, 0.29) is 17.9 Å². The lowest BCUT2D eigenvalue weighted by Crippen LogP contribution is -2.23. The van der Waals surface area contributed by atoms with Gasteiger partial charge in [-0.15, -0.1) is 0 Å². The normalized spacial score (nSPS) is 11.3. The minimum atomic E-state index is -1.09. The van der Waals surface area contributed by atoms with Crippen LogP contribution in [0.4, 0.5) is 5.69 Å². The molecular weight excluding hydrogens is 370 g/mol. The highest BCUT2D eigenvalue weighted by Crippen LogP contribution is 2.27. The Kier molecular flexibility index (Phi) is 6.47. The van der Waals surface area contributed by atoms with E-state index in [1.807, 2.05) is 60.7 Å². The van der Waals surface area contributed by atoms with Crippen molar-refractivity contribution < 1.29 is 24.2 Å². The van der Waals surface area contributed by atoms with Crippen LogP contribution in [0.3, 0.4) is 0 Å². The van der Waals surface area contributed by atoms with Gasteiger partial charge in [-0.05, 0) is 23.3 Å². The summed E-state index contributed by atoms with van der Waals surface area (Å²) in [4.78, 5) is 24.1. The van der Waals surface area contributed by atoms with Crippen molar-refractivity contribution in [2.45, 2.75) is 12.6 Å². The molecular formula is C23H21NO5. The second kappa shape index (κ2) is 9.41. The van der Waals surface area contributed by atoms with E-state index in [0.717, 1.165) is 11.1 Å². The van der Waals surface area contributed by atoms with Gasteiger partial charge in [0.15, 0.2) is 6.04 Å². The lowest BCUT2D eigenvalue weighted by atomic mass is 10.1. The topological polar surface area (TPSA) is 84.9 Å². The van der Waals surface area contributed by atoms with E-state index in [2.05, 4.69) is 5.32 Å². The van der Waals surface area contributed by atoms with Gasteiger partial charge in [0.2, 0.25) is 0 Å². The number of rotatable bonds is 8. The summed E-state index contributed by atoms with van der Waals surface area (Å²) in [5.74, 6) is -1.33. The number of carboxylic acids is 1. The van der Waals surface area contributed by atoms with E-state index in [4.69, 9.17) is 9.47 Å². The number of benzene rings is 3. The number of carbonyl (C=O) groups is 2. The molecule has 6 heteroatoms. The van der Waals surface area contributed by atoms with Gasteiger partial charge in [0.05, 0.1) is 7.11 Å². The maximum absolute atomic E-state index is 12.8. The Morgan fingerprint density at radius 1 is 0.966 bits per heavy atom. The van der Waals surface area contributed by atoms with E-state index < -0.39 is 18.0 Å². The van der Waals surface area contributed by atoms with Crippen molar-refractivity contribution in [2.24, 2.45) is 0 Å². The molecule has 148 valence electrons. The summed E-state index contributed by atoms with van der Waals surface area (Å²) in [7, 11) is 1.40. The molecule has 1 unspecified atom stereocenters. The largest absolute Gasteiger partial charge is 0.496 e. The lowest BCUT2D eigenvalue weighted by molar-refractivity contribution is -0.146. The molecule has 0 aromatic heterocycles. The van der Waals surface area contributed by atoms with Crippen LogP contribution < -0.4 is 10.1 Å². The average molecular weight is 391 g/mol. The van der Waals surface area contributed by atoms with Crippen LogP contribution in [-0.2, 0) is 16.1 Å². The van der Waals surface area contributed by atoms with Gasteiger partial charge >= 0.3 is 11.9 Å². The molecule has 3 aromatic rings. The summed E-state index contributed by atoms with van der Waals surface area (Å²) in [6.45, 7) is 0.159. The van der Waals surface area contributed by atoms with E-state index in [1.54, 1.807) is 12.1 Å². The van der Waals surface area contributed by atoms with Crippen LogP contribution in [0, 0.1) is 0 Å². The van der Waals surface area contributed by atoms with Crippen LogP contribution in [-0.4, -0.2) is 24.2 Å². The summed E-state index contributed by atoms with van der Waals surface area (Å²) in [5, 5.41) is 12.4. The maximum atomic E-state index is 12.8. The number of hydrogen-bond acceptors (Lipinski definition) is 5. The molecule has 29 heavy (non-hydrogen) atoms. The standard InChI is InChI=1S/C23H21NO5/c1-28-20-14-18(12-13-19(20)22(25)26)24-21(17-10-6-3-7-11-17)23(27)29-15-16-8-4-2-5-9-16/h2-14,21,24H,15H2,1H3,(H,25,26). The number of nitrogens with one attached hydrogen (secondary N) is 1. The molecule has 2 N–H and O–H groups in total. The van der Waals surface area contributed by atoms with Crippen molar-refractivity contribution in [1.29, 1.82) is 0 Å². The number of ether oxygens (including phenoxy) is 2. The predicted octanol–water partition coefficient (Wildman–Crippen LogP) is 4.29. The van der Waals surface area contributed by atoms with Crippen LogP contribution in [0.25, 0.3) is 0 Å². The van der Waals surface area contributed by atoms with Gasteiger partial charge in [0, 0.05) is 11.8 Å². The molecule has 3 rings (SSSR count). The highest BCUT2D eigenvalue weighted by atomic mass is 16.5. The van der Waals surface area contributed by atoms with Crippen LogP contribution >= 0.6 is 0 Å². The van der Waals surface area contributed by atoms with Gasteiger partial charge in [-0.2, -0.15) is 0 Å². The average Bonchev–Trinajstić information content (AvgIpc) is 2.76. The third kappa shape index (κ3) is 5.13. The van der Waals surface area contributed by atoms with E-state index in [9.17, 15) is 14.7 Å². The Morgan fingerprint density at radius 3 is 2.24 bits per heavy atom. The number of hydrogen-bond donors (Lipinski definition) is 2. The van der Waals surface area contributed by atoms with Crippen molar-refractivity contribution in [3.63, 3.8) is 0 Å². The number of esters is 1. The summed E-state index contributed by atoms with van der Waals surface area (Å²) in [5.41, 5.74) is 2.20. The Hall–Kier alpha value is -3.80. The molecule has 0 amide bonds. The van der Waals surface area contributed by atoms with Crippen LogP contribution in [0.1, 0.15) is 27.5 Å². The van der Waals surface area contributed by atoms with Crippen molar-refractivity contribution in [1.82, 2.24) is 0 Å². The highest BCUT2D eigenvalue weighted by Gasteiger charge is 2.23. The Morgan fingerprint density at radius 2 is 1.62 bits per heavy atom. The number of anilines is 1. The minimum absolute atomic E-state index is 0.0426. The van der Waals surface area contributed by atoms with Gasteiger partial charge < -0.3 is 19.9 Å². The van der Waals surface area contributed by atoms with E-state index in [0.29, 0.717) is 5.69 Å². The first kappa shape index (κ1) is 19.9. The van der Waals surface area contributed by atoms with Crippen LogP contribution in [0.5, 0.6) is 5.75 Å². The Balaban J connectivity index is 1.83. The summed E-state index contributed by atoms with van der Waals surface area (Å²) >= 11 is 0. The molecule has 0 bridgehead atoms. The number of carbonyl (C=O) groups excluding carboxylic acids is 1. The molecule has 0 saturated carbocycles. The van der Waals surface area contributed by atoms with Crippen molar-refractivity contribution in [3.8, 4) is 5.75 Å². The maximum Gasteiger partial charge on any atom is 0.339 e. The predicted molar refractivity (Wildman–Crippen MR) is 109 cm³/mol. The number of methoxy groups -OCH3 is 1. The van der Waals surface area contributed by atoms with Crippen LogP contribution in [0.2, 0.25) is 0 Å². The van der Waals surface area contributed by atoms with Gasteiger partial charge in [-0.1, -0.05) is 60.7 Å². The van der Waals surface area contributed by atoms with E-state index in [1.165, 1.54) is 13.2 Å². The molecule has 0 saturated heterocycles. The SMILES string of the molecule is COc1cc(NC(C(=O)OCc2ccccc2)c2ccccc2)ccc1C(=O)O. The first-order valence-corrected chi connectivity index (χ1v) is 9.02. The molecule has 0 aliphatic rings. The van der Waals surface area contributed by atoms with Gasteiger partial charge in [0.1, 0.15) is 17.9 Å². The zero-order chi connectivity index (χ0) is 20.6. The van der Waals surface area contributed by atoms with Crippen LogP contribution in [0.15, 0.2) is 78.9 Å². The molecule has 1 atom stereocenters. The fourth-order valence-corrected chi connectivity index (χ4v) is 2.86. The zero-order valence-corrected chi connectivity index (χ0v) is 15.9. The molecule has 3 aromatic carbocycles. The van der Waals surface area contributed by atoms with Crippen molar-refractivity contribution in [2.75, 3.05) is 12.4 Å². The fourth-order valence-electron chi connectivity index (χ4n) is 2.86. The minimum Gasteiger partial charge on any atom is -0.496 e. The number of aromatic carboxylic acids is 1. The molecule has 0 spiro atoms. The molecule has 0 radical (unpaired) electrons. The quantitative estimate of drug-likeness (QED) is 0.557. The fraction of sp³-hybridized carbons (Fsp3) is 0.130. The summed E-state index contributed by atoms with van der Waals surface area (Å²) < 4.78 is 10.7. The monoisotopic (exact) mass is 391 g/mol. The summed E-state index contributed by atoms with van der Waals surface area (Å²) in [6.07, 6.45) is 0. The van der Waals surface area contributed by atoms with Crippen molar-refractivity contribution in [3.05, 3.63) is 95.6 Å². The van der Waals surface area contributed by atoms with Gasteiger partial charge in [-0.25, -0.2) is 9.59 Å².